The molecule has 0 spiro atoms. The van der Waals surface area contributed by atoms with Gasteiger partial charge in [-0.3, -0.25) is 0 Å². The Morgan fingerprint density at radius 1 is 1.22 bits per heavy atom. The van der Waals surface area contributed by atoms with Crippen molar-refractivity contribution in [2.45, 2.75) is 26.8 Å². The van der Waals surface area contributed by atoms with Gasteiger partial charge in [-0.05, 0) is 50.6 Å². The summed E-state index contributed by atoms with van der Waals surface area (Å²) in [5, 5.41) is 3.28. The van der Waals surface area contributed by atoms with Gasteiger partial charge in [0.15, 0.2) is 0 Å². The van der Waals surface area contributed by atoms with Gasteiger partial charge >= 0.3 is 0 Å². The van der Waals surface area contributed by atoms with Crippen LogP contribution >= 0.6 is 11.3 Å². The zero-order valence-corrected chi connectivity index (χ0v) is 11.6. The van der Waals surface area contributed by atoms with Crippen LogP contribution < -0.4 is 11.1 Å². The summed E-state index contributed by atoms with van der Waals surface area (Å²) in [7, 11) is 0. The first-order chi connectivity index (χ1) is 8.45. The van der Waals surface area contributed by atoms with Crippen molar-refractivity contribution in [2.24, 2.45) is 0 Å². The first-order valence-corrected chi connectivity index (χ1v) is 6.67. The molecule has 0 radical (unpaired) electrons. The van der Waals surface area contributed by atoms with Crippen molar-refractivity contribution in [2.75, 3.05) is 11.1 Å². The fourth-order valence-electron chi connectivity index (χ4n) is 2.10. The molecule has 18 heavy (non-hydrogen) atoms. The second kappa shape index (κ2) is 4.98. The Bertz CT molecular complexity index is 543. The Morgan fingerprint density at radius 3 is 2.50 bits per heavy atom. The van der Waals surface area contributed by atoms with Gasteiger partial charge in [0.2, 0.25) is 0 Å². The van der Waals surface area contributed by atoms with Crippen molar-refractivity contribution in [1.82, 2.24) is 0 Å². The molecule has 1 aromatic carbocycles. The summed E-state index contributed by atoms with van der Waals surface area (Å²) >= 11 is 1.78. The molecule has 0 fully saturated rings. The number of hydrogen-bond donors (Lipinski definition) is 2. The number of halogens is 1. The van der Waals surface area contributed by atoms with Gasteiger partial charge in [-0.15, -0.1) is 11.3 Å². The molecule has 0 aliphatic rings. The normalized spacial score (nSPS) is 12.4. The lowest BCUT2D eigenvalue weighted by Gasteiger charge is -2.16. The first-order valence-electron chi connectivity index (χ1n) is 5.85. The minimum atomic E-state index is -0.317. The molecule has 2 nitrogen and oxygen atoms in total. The molecule has 2 rings (SSSR count). The van der Waals surface area contributed by atoms with Crippen LogP contribution in [-0.2, 0) is 0 Å². The van der Waals surface area contributed by atoms with Gasteiger partial charge in [-0.2, -0.15) is 0 Å². The molecule has 0 bridgehead atoms. The van der Waals surface area contributed by atoms with Crippen LogP contribution in [0.4, 0.5) is 15.8 Å². The minimum absolute atomic E-state index is 0.135. The third kappa shape index (κ3) is 2.82. The Balaban J connectivity index is 2.20. The summed E-state index contributed by atoms with van der Waals surface area (Å²) in [6.45, 7) is 6.26. The average molecular weight is 264 g/mol. The fourth-order valence-corrected chi connectivity index (χ4v) is 3.13. The van der Waals surface area contributed by atoms with Crippen molar-refractivity contribution < 1.29 is 4.39 Å². The van der Waals surface area contributed by atoms with Gasteiger partial charge in [0, 0.05) is 27.2 Å². The van der Waals surface area contributed by atoms with E-state index in [-0.39, 0.29) is 11.9 Å². The summed E-state index contributed by atoms with van der Waals surface area (Å²) in [5.74, 6) is -0.317. The molecule has 2 aromatic rings. The van der Waals surface area contributed by atoms with Crippen molar-refractivity contribution in [1.29, 1.82) is 0 Å². The summed E-state index contributed by atoms with van der Waals surface area (Å²) in [5.41, 5.74) is 8.02. The predicted molar refractivity (Wildman–Crippen MR) is 76.6 cm³/mol. The molecule has 0 amide bonds. The summed E-state index contributed by atoms with van der Waals surface area (Å²) in [6.07, 6.45) is 0. The lowest BCUT2D eigenvalue weighted by molar-refractivity contribution is 0.628. The fraction of sp³-hybridized carbons (Fsp3) is 0.286. The molecule has 0 saturated heterocycles. The summed E-state index contributed by atoms with van der Waals surface area (Å²) in [6, 6.07) is 6.82. The molecular weight excluding hydrogens is 247 g/mol. The van der Waals surface area contributed by atoms with Crippen LogP contribution in [-0.4, -0.2) is 0 Å². The lowest BCUT2D eigenvalue weighted by Crippen LogP contribution is -2.07. The number of aryl methyl sites for hydroxylation is 2. The average Bonchev–Trinajstić information content (AvgIpc) is 2.56. The number of nitrogen functional groups attached to an aromatic ring is 1. The minimum Gasteiger partial charge on any atom is -0.399 e. The van der Waals surface area contributed by atoms with E-state index in [2.05, 4.69) is 32.2 Å². The molecule has 1 aromatic heterocycles. The van der Waals surface area contributed by atoms with Crippen LogP contribution in [0.15, 0.2) is 24.3 Å². The Kier molecular flexibility index (Phi) is 3.57. The van der Waals surface area contributed by atoms with Crippen LogP contribution in [0.25, 0.3) is 0 Å². The van der Waals surface area contributed by atoms with E-state index in [0.29, 0.717) is 11.4 Å². The van der Waals surface area contributed by atoms with E-state index in [1.54, 1.807) is 17.4 Å². The number of anilines is 2. The van der Waals surface area contributed by atoms with Crippen LogP contribution in [0, 0.1) is 19.7 Å². The third-order valence-electron chi connectivity index (χ3n) is 2.85. The summed E-state index contributed by atoms with van der Waals surface area (Å²) < 4.78 is 13.2. The predicted octanol–water partition coefficient (Wildman–Crippen LogP) is 4.26. The highest BCUT2D eigenvalue weighted by Crippen LogP contribution is 2.29. The molecule has 3 N–H and O–H groups in total. The van der Waals surface area contributed by atoms with Crippen molar-refractivity contribution in [3.05, 3.63) is 45.4 Å². The Hall–Kier alpha value is -1.55. The van der Waals surface area contributed by atoms with Gasteiger partial charge < -0.3 is 11.1 Å². The molecule has 1 heterocycles. The number of nitrogens with two attached hydrogens (primary N) is 1. The molecule has 0 aliphatic heterocycles. The van der Waals surface area contributed by atoms with E-state index in [9.17, 15) is 4.39 Å². The maximum absolute atomic E-state index is 13.2. The summed E-state index contributed by atoms with van der Waals surface area (Å²) in [4.78, 5) is 2.58. The number of nitrogens with one attached hydrogen (secondary N) is 1. The van der Waals surface area contributed by atoms with Crippen LogP contribution in [0.2, 0.25) is 0 Å². The molecule has 96 valence electrons. The second-order valence-corrected chi connectivity index (χ2v) is 5.97. The van der Waals surface area contributed by atoms with Gasteiger partial charge in [0.05, 0.1) is 0 Å². The zero-order valence-electron chi connectivity index (χ0n) is 10.8. The maximum atomic E-state index is 13.2. The highest BCUT2D eigenvalue weighted by atomic mass is 32.1. The SMILES string of the molecule is Cc1cc(C(C)Nc2cc(N)cc(F)c2)c(C)s1. The van der Waals surface area contributed by atoms with E-state index in [0.717, 1.165) is 0 Å². The third-order valence-corrected chi connectivity index (χ3v) is 3.83. The molecule has 1 unspecified atom stereocenters. The second-order valence-electron chi connectivity index (χ2n) is 4.51. The Labute approximate surface area is 111 Å². The molecule has 0 aliphatic carbocycles. The van der Waals surface area contributed by atoms with E-state index in [1.807, 2.05) is 0 Å². The maximum Gasteiger partial charge on any atom is 0.127 e. The van der Waals surface area contributed by atoms with Crippen LogP contribution in [0.1, 0.15) is 28.3 Å². The molecule has 1 atom stereocenters. The number of hydrogen-bond acceptors (Lipinski definition) is 3. The molecule has 4 heteroatoms. The quantitative estimate of drug-likeness (QED) is 0.813. The lowest BCUT2D eigenvalue weighted by atomic mass is 10.1. The molecular formula is C14H17FN2S. The number of benzene rings is 1. The van der Waals surface area contributed by atoms with Crippen molar-refractivity contribution in [3.63, 3.8) is 0 Å². The van der Waals surface area contributed by atoms with Gasteiger partial charge in [-0.1, -0.05) is 0 Å². The van der Waals surface area contributed by atoms with Crippen molar-refractivity contribution >= 4 is 22.7 Å². The topological polar surface area (TPSA) is 38.0 Å². The molecule has 0 saturated carbocycles. The smallest absolute Gasteiger partial charge is 0.127 e. The van der Waals surface area contributed by atoms with Crippen molar-refractivity contribution in [3.8, 4) is 0 Å². The van der Waals surface area contributed by atoms with E-state index in [1.165, 1.54) is 27.5 Å². The van der Waals surface area contributed by atoms with E-state index >= 15 is 0 Å². The Morgan fingerprint density at radius 2 is 1.94 bits per heavy atom. The highest BCUT2D eigenvalue weighted by Gasteiger charge is 2.11. The van der Waals surface area contributed by atoms with Gasteiger partial charge in [0.25, 0.3) is 0 Å². The first kappa shape index (κ1) is 12.9. The standard InChI is InChI=1S/C14H17FN2S/c1-8-4-14(10(3)18-8)9(2)17-13-6-11(15)5-12(16)7-13/h4-7,9,17H,16H2,1-3H3. The van der Waals surface area contributed by atoms with E-state index < -0.39 is 0 Å². The largest absolute Gasteiger partial charge is 0.399 e. The van der Waals surface area contributed by atoms with Crippen LogP contribution in [0.3, 0.4) is 0 Å². The zero-order chi connectivity index (χ0) is 13.3. The van der Waals surface area contributed by atoms with Gasteiger partial charge in [0.1, 0.15) is 5.82 Å². The van der Waals surface area contributed by atoms with Crippen LogP contribution in [0.5, 0.6) is 0 Å². The van der Waals surface area contributed by atoms with E-state index in [4.69, 9.17) is 5.73 Å². The monoisotopic (exact) mass is 264 g/mol. The number of rotatable bonds is 3. The van der Waals surface area contributed by atoms with Gasteiger partial charge in [-0.25, -0.2) is 4.39 Å². The number of thiophene rings is 1. The highest BCUT2D eigenvalue weighted by molar-refractivity contribution is 7.12.